The average molecular weight is 331 g/mol. The van der Waals surface area contributed by atoms with Crippen LogP contribution in [0.1, 0.15) is 11.1 Å². The third-order valence-corrected chi connectivity index (χ3v) is 5.15. The number of aromatic nitrogens is 1. The Morgan fingerprint density at radius 3 is 2.89 bits per heavy atom. The molecule has 0 aliphatic rings. The van der Waals surface area contributed by atoms with Crippen LogP contribution >= 0.6 is 46.5 Å². The lowest BCUT2D eigenvalue weighted by Gasteiger charge is -2.05. The van der Waals surface area contributed by atoms with Crippen molar-refractivity contribution in [3.05, 3.63) is 39.5 Å². The van der Waals surface area contributed by atoms with Gasteiger partial charge in [-0.3, -0.25) is 0 Å². The van der Waals surface area contributed by atoms with E-state index >= 15 is 0 Å². The van der Waals surface area contributed by atoms with Gasteiger partial charge in [0.05, 0.1) is 12.1 Å². The van der Waals surface area contributed by atoms with Gasteiger partial charge < -0.3 is 4.74 Å². The molecule has 0 amide bonds. The van der Waals surface area contributed by atoms with Gasteiger partial charge in [0, 0.05) is 5.75 Å². The van der Waals surface area contributed by atoms with Crippen molar-refractivity contribution in [3.63, 3.8) is 0 Å². The molecule has 1 heterocycles. The molecular weight excluding hydrogens is 323 g/mol. The molecule has 0 aliphatic carbocycles. The lowest BCUT2D eigenvalue weighted by Crippen LogP contribution is -1.86. The van der Waals surface area contributed by atoms with Gasteiger partial charge in [0.1, 0.15) is 21.6 Å². The van der Waals surface area contributed by atoms with E-state index in [2.05, 4.69) is 10.4 Å². The molecule has 98 valence electrons. The van der Waals surface area contributed by atoms with Crippen LogP contribution < -0.4 is 4.74 Å². The fraction of sp³-hybridized carbons (Fsp3) is 0.167. The summed E-state index contributed by atoms with van der Waals surface area (Å²) in [6, 6.07) is 7.67. The minimum absolute atomic E-state index is 0.266. The average Bonchev–Trinajstić information content (AvgIpc) is 2.77. The summed E-state index contributed by atoms with van der Waals surface area (Å²) >= 11 is 14.6. The lowest BCUT2D eigenvalue weighted by atomic mass is 10.2. The first-order chi connectivity index (χ1) is 9.15. The maximum absolute atomic E-state index is 8.98. The van der Waals surface area contributed by atoms with E-state index in [9.17, 15) is 0 Å². The smallest absolute Gasteiger partial charge is 0.161 e. The molecule has 0 aliphatic heterocycles. The van der Waals surface area contributed by atoms with Crippen molar-refractivity contribution in [2.24, 2.45) is 0 Å². The Labute approximate surface area is 129 Å². The molecule has 7 heteroatoms. The van der Waals surface area contributed by atoms with Gasteiger partial charge in [-0.15, -0.1) is 11.8 Å². The van der Waals surface area contributed by atoms with Gasteiger partial charge in [-0.1, -0.05) is 29.3 Å². The second kappa shape index (κ2) is 6.49. The van der Waals surface area contributed by atoms with Crippen LogP contribution in [0.5, 0.6) is 5.75 Å². The summed E-state index contributed by atoms with van der Waals surface area (Å²) in [4.78, 5) is 0. The van der Waals surface area contributed by atoms with Crippen molar-refractivity contribution in [1.29, 1.82) is 5.26 Å². The number of halogens is 2. The van der Waals surface area contributed by atoms with Gasteiger partial charge in [-0.05, 0) is 29.2 Å². The zero-order valence-corrected chi connectivity index (χ0v) is 13.0. The fourth-order valence-electron chi connectivity index (χ4n) is 1.40. The largest absolute Gasteiger partial charge is 0.495 e. The third-order valence-electron chi connectivity index (χ3n) is 2.32. The summed E-state index contributed by atoms with van der Waals surface area (Å²) in [6.45, 7) is 0. The Balaban J connectivity index is 2.11. The van der Waals surface area contributed by atoms with Crippen molar-refractivity contribution in [1.82, 2.24) is 4.37 Å². The predicted octanol–water partition coefficient (Wildman–Crippen LogP) is 4.62. The molecule has 1 aromatic heterocycles. The highest BCUT2D eigenvalue weighted by Gasteiger charge is 2.12. The first-order valence-corrected chi connectivity index (χ1v) is 7.67. The Hall–Kier alpha value is -0.930. The normalized spacial score (nSPS) is 10.2. The maximum Gasteiger partial charge on any atom is 0.161 e. The Morgan fingerprint density at radius 2 is 2.26 bits per heavy atom. The Kier molecular flexibility index (Phi) is 4.94. The molecule has 0 atom stereocenters. The summed E-state index contributed by atoms with van der Waals surface area (Å²) in [6.07, 6.45) is 0. The molecule has 2 aromatic rings. The van der Waals surface area contributed by atoms with Gasteiger partial charge in [-0.25, -0.2) is 0 Å². The molecule has 0 saturated carbocycles. The summed E-state index contributed by atoms with van der Waals surface area (Å²) in [5.74, 6) is 1.34. The number of benzene rings is 1. The lowest BCUT2D eigenvalue weighted by molar-refractivity contribution is 0.415. The van der Waals surface area contributed by atoms with Crippen LogP contribution in [0.3, 0.4) is 0 Å². The number of hydrogen-bond acceptors (Lipinski definition) is 5. The second-order valence-electron chi connectivity index (χ2n) is 3.51. The van der Waals surface area contributed by atoms with Crippen LogP contribution in [0.25, 0.3) is 0 Å². The summed E-state index contributed by atoms with van der Waals surface area (Å²) < 4.78 is 9.88. The van der Waals surface area contributed by atoms with E-state index in [1.807, 2.05) is 18.2 Å². The van der Waals surface area contributed by atoms with E-state index in [4.69, 9.17) is 33.2 Å². The van der Waals surface area contributed by atoms with E-state index in [-0.39, 0.29) is 5.15 Å². The number of rotatable bonds is 4. The summed E-state index contributed by atoms with van der Waals surface area (Å²) in [7, 11) is 1.58. The molecule has 0 radical (unpaired) electrons. The van der Waals surface area contributed by atoms with Gasteiger partial charge >= 0.3 is 0 Å². The number of methoxy groups -OCH3 is 1. The van der Waals surface area contributed by atoms with Crippen LogP contribution in [0.15, 0.2) is 22.4 Å². The van der Waals surface area contributed by atoms with Gasteiger partial charge in [0.15, 0.2) is 5.15 Å². The molecule has 0 spiro atoms. The molecule has 3 nitrogen and oxygen atoms in total. The first kappa shape index (κ1) is 14.5. The molecule has 0 N–H and O–H groups in total. The van der Waals surface area contributed by atoms with Crippen molar-refractivity contribution in [3.8, 4) is 11.8 Å². The van der Waals surface area contributed by atoms with Gasteiger partial charge in [-0.2, -0.15) is 9.64 Å². The predicted molar refractivity (Wildman–Crippen MR) is 79.4 cm³/mol. The van der Waals surface area contributed by atoms with E-state index < -0.39 is 0 Å². The molecule has 0 unspecified atom stereocenters. The topological polar surface area (TPSA) is 45.9 Å². The van der Waals surface area contributed by atoms with Crippen LogP contribution in [0, 0.1) is 11.3 Å². The molecule has 2 rings (SSSR count). The minimum atomic E-state index is 0.266. The van der Waals surface area contributed by atoms with Crippen molar-refractivity contribution < 1.29 is 4.74 Å². The number of ether oxygens (including phenoxy) is 1. The Morgan fingerprint density at radius 1 is 1.47 bits per heavy atom. The molecule has 0 fully saturated rings. The highest BCUT2D eigenvalue weighted by atomic mass is 35.5. The SMILES string of the molecule is COc1ccc(CSc2snc(Cl)c2C#N)cc1Cl. The summed E-state index contributed by atoms with van der Waals surface area (Å²) in [5.41, 5.74) is 1.49. The zero-order chi connectivity index (χ0) is 13.8. The van der Waals surface area contributed by atoms with Crippen LogP contribution in [0.2, 0.25) is 10.2 Å². The molecule has 0 bridgehead atoms. The first-order valence-electron chi connectivity index (χ1n) is 5.16. The minimum Gasteiger partial charge on any atom is -0.495 e. The number of hydrogen-bond donors (Lipinski definition) is 0. The quantitative estimate of drug-likeness (QED) is 0.767. The molecule has 1 aromatic carbocycles. The van der Waals surface area contributed by atoms with Gasteiger partial charge in [0.25, 0.3) is 0 Å². The van der Waals surface area contributed by atoms with E-state index in [1.165, 1.54) is 23.3 Å². The standard InChI is InChI=1S/C12H8Cl2N2OS2/c1-17-10-3-2-7(4-9(10)13)6-18-12-8(5-15)11(14)16-19-12/h2-4H,6H2,1H3. The third kappa shape index (κ3) is 3.34. The highest BCUT2D eigenvalue weighted by molar-refractivity contribution is 8.00. The van der Waals surface area contributed by atoms with Crippen LogP contribution in [0.4, 0.5) is 0 Å². The van der Waals surface area contributed by atoms with Crippen LogP contribution in [-0.4, -0.2) is 11.5 Å². The molecule has 19 heavy (non-hydrogen) atoms. The fourth-order valence-corrected chi connectivity index (χ4v) is 3.78. The number of nitrogens with zero attached hydrogens (tertiary/aromatic N) is 2. The van der Waals surface area contributed by atoms with Crippen molar-refractivity contribution in [2.75, 3.05) is 7.11 Å². The second-order valence-corrected chi connectivity index (χ2v) is 6.29. The maximum atomic E-state index is 8.98. The summed E-state index contributed by atoms with van der Waals surface area (Å²) in [5, 5.41) is 9.82. The van der Waals surface area contributed by atoms with Gasteiger partial charge in [0.2, 0.25) is 0 Å². The monoisotopic (exact) mass is 330 g/mol. The van der Waals surface area contributed by atoms with Crippen molar-refractivity contribution in [2.45, 2.75) is 9.96 Å². The van der Waals surface area contributed by atoms with E-state index in [0.29, 0.717) is 22.1 Å². The zero-order valence-electron chi connectivity index (χ0n) is 9.81. The Bertz CT molecular complexity index is 637. The van der Waals surface area contributed by atoms with E-state index in [0.717, 1.165) is 9.77 Å². The number of nitriles is 1. The highest BCUT2D eigenvalue weighted by Crippen LogP contribution is 2.35. The van der Waals surface area contributed by atoms with Crippen LogP contribution in [-0.2, 0) is 5.75 Å². The molecular formula is C12H8Cl2N2OS2. The number of thioether (sulfide) groups is 1. The molecule has 0 saturated heterocycles. The van der Waals surface area contributed by atoms with Crippen molar-refractivity contribution >= 4 is 46.5 Å². The van der Waals surface area contributed by atoms with E-state index in [1.54, 1.807) is 7.11 Å².